The van der Waals surface area contributed by atoms with Crippen LogP contribution in [-0.4, -0.2) is 29.7 Å². The highest BCUT2D eigenvalue weighted by molar-refractivity contribution is 9.10. The summed E-state index contributed by atoms with van der Waals surface area (Å²) in [5.41, 5.74) is -0.207. The highest BCUT2D eigenvalue weighted by atomic mass is 79.9. The largest absolute Gasteiger partial charge is 0.444 e. The molecule has 0 saturated carbocycles. The number of likely N-dealkylation sites (tertiary alicyclic amines) is 1. The van der Waals surface area contributed by atoms with Crippen LogP contribution in [0, 0.1) is 0 Å². The molecule has 2 rings (SSSR count). The molecule has 0 aliphatic carbocycles. The molecule has 1 aliphatic heterocycles. The second-order valence-corrected chi connectivity index (χ2v) is 6.10. The Labute approximate surface area is 122 Å². The number of carbonyl (C=O) groups is 1. The van der Waals surface area contributed by atoms with Crippen molar-refractivity contribution in [1.82, 2.24) is 4.90 Å². The molecule has 3 nitrogen and oxygen atoms in total. The number of benzene rings is 1. The molecule has 1 heterocycles. The minimum atomic E-state index is -0.566. The zero-order chi connectivity index (χ0) is 16.8. The Balaban J connectivity index is 2.16. The smallest absolute Gasteiger partial charge is 0.410 e. The van der Waals surface area contributed by atoms with Gasteiger partial charge >= 0.3 is 6.09 Å². The molecule has 0 unspecified atom stereocenters. The van der Waals surface area contributed by atoms with Gasteiger partial charge in [0, 0.05) is 23.5 Å². The van der Waals surface area contributed by atoms with E-state index >= 15 is 0 Å². The number of nitrogens with zero attached hydrogens (tertiary/aromatic N) is 1. The predicted octanol–water partition coefficient (Wildman–Crippen LogP) is 3.78. The van der Waals surface area contributed by atoms with E-state index in [-0.39, 0.29) is 34.6 Å². The van der Waals surface area contributed by atoms with Crippen LogP contribution in [0.4, 0.5) is 4.79 Å². The molecule has 1 aromatic rings. The molecule has 0 atom stereocenters. The summed E-state index contributed by atoms with van der Waals surface area (Å²) in [7, 11) is 0. The van der Waals surface area contributed by atoms with E-state index in [4.69, 9.17) is 10.2 Å². The standard InChI is InChI=1S/C14H18BrNO2/c1-14(2,3)18-13(17)16-8-11(9-16)10-4-6-12(15)7-5-10/h4-7,11H,8-9H2,1-3H3/i4D,5D,6D,7D. The van der Waals surface area contributed by atoms with Crippen molar-refractivity contribution in [1.29, 1.82) is 0 Å². The van der Waals surface area contributed by atoms with Gasteiger partial charge in [-0.3, -0.25) is 0 Å². The third-order valence-electron chi connectivity index (χ3n) is 2.56. The Hall–Kier alpha value is -1.03. The number of amides is 1. The molecule has 0 spiro atoms. The van der Waals surface area contributed by atoms with E-state index in [0.717, 1.165) is 0 Å². The first-order valence-corrected chi connectivity index (χ1v) is 6.56. The third kappa shape index (κ3) is 3.25. The van der Waals surface area contributed by atoms with Crippen molar-refractivity contribution in [3.8, 4) is 0 Å². The third-order valence-corrected chi connectivity index (χ3v) is 2.95. The van der Waals surface area contributed by atoms with E-state index in [0.29, 0.717) is 18.7 Å². The molecule has 0 N–H and O–H groups in total. The molecular weight excluding hydrogens is 294 g/mol. The average molecular weight is 316 g/mol. The van der Waals surface area contributed by atoms with Gasteiger partial charge in [-0.15, -0.1) is 0 Å². The van der Waals surface area contributed by atoms with Crippen molar-refractivity contribution in [2.45, 2.75) is 32.3 Å². The van der Waals surface area contributed by atoms with E-state index in [1.54, 1.807) is 20.8 Å². The first-order chi connectivity index (χ1) is 10.0. The molecule has 1 amide bonds. The van der Waals surface area contributed by atoms with E-state index in [1.807, 2.05) is 0 Å². The fourth-order valence-corrected chi connectivity index (χ4v) is 1.85. The highest BCUT2D eigenvalue weighted by Crippen LogP contribution is 2.29. The lowest BCUT2D eigenvalue weighted by atomic mass is 9.92. The predicted molar refractivity (Wildman–Crippen MR) is 74.7 cm³/mol. The van der Waals surface area contributed by atoms with Crippen molar-refractivity contribution in [2.24, 2.45) is 0 Å². The zero-order valence-electron chi connectivity index (χ0n) is 14.6. The summed E-state index contributed by atoms with van der Waals surface area (Å²) in [4.78, 5) is 13.4. The summed E-state index contributed by atoms with van der Waals surface area (Å²) in [5, 5.41) is 0. The first-order valence-electron chi connectivity index (χ1n) is 7.76. The van der Waals surface area contributed by atoms with Crippen molar-refractivity contribution in [2.75, 3.05) is 13.1 Å². The normalized spacial score (nSPS) is 19.4. The zero-order valence-corrected chi connectivity index (χ0v) is 12.2. The minimum absolute atomic E-state index is 0.0540. The molecule has 0 bridgehead atoms. The molecule has 1 fully saturated rings. The van der Waals surface area contributed by atoms with Gasteiger partial charge in [-0.1, -0.05) is 28.0 Å². The molecular formula is C14H18BrNO2. The average Bonchev–Trinajstić information content (AvgIpc) is 2.34. The number of ether oxygens (including phenoxy) is 1. The topological polar surface area (TPSA) is 29.5 Å². The summed E-state index contributed by atoms with van der Waals surface area (Å²) in [6.45, 7) is 6.05. The number of hydrogen-bond acceptors (Lipinski definition) is 2. The summed E-state index contributed by atoms with van der Waals surface area (Å²) in [6, 6.07) is -0.290. The summed E-state index contributed by atoms with van der Waals surface area (Å²) in [6.07, 6.45) is -0.420. The Kier molecular flexibility index (Phi) is 2.45. The maximum atomic E-state index is 11.9. The molecule has 0 radical (unpaired) electrons. The lowest BCUT2D eigenvalue weighted by Gasteiger charge is -2.40. The van der Waals surface area contributed by atoms with Crippen LogP contribution >= 0.6 is 15.9 Å². The van der Waals surface area contributed by atoms with Crippen LogP contribution in [-0.2, 0) is 4.74 Å². The summed E-state index contributed by atoms with van der Waals surface area (Å²) >= 11 is 3.07. The second kappa shape index (κ2) is 4.92. The van der Waals surface area contributed by atoms with E-state index in [9.17, 15) is 4.79 Å². The number of carbonyl (C=O) groups excluding carboxylic acids is 1. The molecule has 4 heteroatoms. The Morgan fingerprint density at radius 3 is 2.44 bits per heavy atom. The molecule has 18 heavy (non-hydrogen) atoms. The Bertz CT molecular complexity index is 595. The van der Waals surface area contributed by atoms with Crippen molar-refractivity contribution in [3.63, 3.8) is 0 Å². The summed E-state index contributed by atoms with van der Waals surface area (Å²) < 4.78 is 37.1. The van der Waals surface area contributed by atoms with Gasteiger partial charge in [0.05, 0.1) is 5.48 Å². The fraction of sp³-hybridized carbons (Fsp3) is 0.500. The van der Waals surface area contributed by atoms with Gasteiger partial charge in [-0.2, -0.15) is 0 Å². The molecule has 1 aromatic carbocycles. The maximum absolute atomic E-state index is 11.9. The van der Waals surface area contributed by atoms with E-state index in [2.05, 4.69) is 15.9 Å². The monoisotopic (exact) mass is 315 g/mol. The highest BCUT2D eigenvalue weighted by Gasteiger charge is 2.34. The Morgan fingerprint density at radius 2 is 1.94 bits per heavy atom. The van der Waals surface area contributed by atoms with Crippen molar-refractivity contribution < 1.29 is 15.0 Å². The van der Waals surface area contributed by atoms with Gasteiger partial charge in [-0.25, -0.2) is 4.79 Å². The molecule has 98 valence electrons. The van der Waals surface area contributed by atoms with Gasteiger partial charge in [0.1, 0.15) is 5.60 Å². The number of hydrogen-bond donors (Lipinski definition) is 0. The number of rotatable bonds is 1. The summed E-state index contributed by atoms with van der Waals surface area (Å²) in [5.74, 6) is -0.200. The van der Waals surface area contributed by atoms with Crippen LogP contribution in [0.3, 0.4) is 0 Å². The van der Waals surface area contributed by atoms with Gasteiger partial charge in [0.2, 0.25) is 0 Å². The van der Waals surface area contributed by atoms with Crippen molar-refractivity contribution in [3.05, 3.63) is 34.2 Å². The van der Waals surface area contributed by atoms with Gasteiger partial charge in [0.25, 0.3) is 0 Å². The lowest BCUT2D eigenvalue weighted by Crippen LogP contribution is -2.50. The number of halogens is 1. The minimum Gasteiger partial charge on any atom is -0.444 e. The van der Waals surface area contributed by atoms with Crippen LogP contribution in [0.15, 0.2) is 28.6 Å². The quantitative estimate of drug-likeness (QED) is 0.789. The fourth-order valence-electron chi connectivity index (χ4n) is 1.65. The Morgan fingerprint density at radius 1 is 1.39 bits per heavy atom. The van der Waals surface area contributed by atoms with Gasteiger partial charge < -0.3 is 9.64 Å². The van der Waals surface area contributed by atoms with Gasteiger partial charge in [0.15, 0.2) is 0 Å². The van der Waals surface area contributed by atoms with Crippen LogP contribution in [0.2, 0.25) is 0 Å². The van der Waals surface area contributed by atoms with Crippen molar-refractivity contribution >= 4 is 22.0 Å². The van der Waals surface area contributed by atoms with Crippen LogP contribution in [0.25, 0.3) is 0 Å². The van der Waals surface area contributed by atoms with E-state index in [1.165, 1.54) is 4.90 Å². The molecule has 1 aliphatic rings. The van der Waals surface area contributed by atoms with Gasteiger partial charge in [-0.05, 0) is 38.4 Å². The maximum Gasteiger partial charge on any atom is 0.410 e. The molecule has 0 aromatic heterocycles. The van der Waals surface area contributed by atoms with Crippen LogP contribution in [0.5, 0.6) is 0 Å². The van der Waals surface area contributed by atoms with E-state index < -0.39 is 11.7 Å². The first kappa shape index (κ1) is 8.97. The second-order valence-electron chi connectivity index (χ2n) is 5.31. The SMILES string of the molecule is [2H]c1c([2H])c(C2CN(C(=O)OC(C)(C)C)C2)c([2H])c([2H])c1Br. The molecule has 1 saturated heterocycles. The van der Waals surface area contributed by atoms with Crippen LogP contribution in [0.1, 0.15) is 37.7 Å². The van der Waals surface area contributed by atoms with Crippen LogP contribution < -0.4 is 0 Å². The lowest BCUT2D eigenvalue weighted by molar-refractivity contribution is 0.00820.